The Morgan fingerprint density at radius 2 is 1.78 bits per heavy atom. The zero-order chi connectivity index (χ0) is 20.4. The molecule has 27 heavy (non-hydrogen) atoms. The summed E-state index contributed by atoms with van der Waals surface area (Å²) in [5.74, 6) is -1.31. The summed E-state index contributed by atoms with van der Waals surface area (Å²) in [6, 6.07) is 4.46. The number of benzene rings is 1. The molecule has 0 atom stereocenters. The molecule has 0 spiro atoms. The Morgan fingerprint density at radius 3 is 2.33 bits per heavy atom. The average molecular weight is 394 g/mol. The highest BCUT2D eigenvalue weighted by Crippen LogP contribution is 2.33. The van der Waals surface area contributed by atoms with E-state index in [1.807, 2.05) is 0 Å². The molecule has 148 valence electrons. The van der Waals surface area contributed by atoms with E-state index in [2.05, 4.69) is 10.3 Å². The number of halogens is 6. The van der Waals surface area contributed by atoms with E-state index in [1.165, 1.54) is 12.1 Å². The maximum atomic E-state index is 13.1. The van der Waals surface area contributed by atoms with Crippen molar-refractivity contribution < 1.29 is 31.1 Å². The highest BCUT2D eigenvalue weighted by molar-refractivity contribution is 5.92. The Balaban J connectivity index is 2.35. The van der Waals surface area contributed by atoms with E-state index >= 15 is 0 Å². The average Bonchev–Trinajstić information content (AvgIpc) is 3.00. The van der Waals surface area contributed by atoms with Gasteiger partial charge in [0, 0.05) is 6.54 Å². The number of carbonyl (C=O) groups excluding carboxylic acids is 1. The van der Waals surface area contributed by atoms with Crippen LogP contribution in [0.5, 0.6) is 0 Å². The predicted molar refractivity (Wildman–Crippen MR) is 83.2 cm³/mol. The zero-order valence-electron chi connectivity index (χ0n) is 14.3. The molecule has 2 aromatic rings. The topological polar surface area (TPSA) is 51.0 Å². The molecule has 1 amide bonds. The summed E-state index contributed by atoms with van der Waals surface area (Å²) in [6.07, 6.45) is -8.41. The number of nitrogens with zero attached hydrogens (tertiary/aromatic N) is 4. The van der Waals surface area contributed by atoms with Crippen molar-refractivity contribution in [3.05, 3.63) is 41.7 Å². The molecule has 0 aliphatic heterocycles. The van der Waals surface area contributed by atoms with Crippen LogP contribution in [-0.4, -0.2) is 45.1 Å². The van der Waals surface area contributed by atoms with E-state index in [1.54, 1.807) is 13.8 Å². The van der Waals surface area contributed by atoms with Gasteiger partial charge in [0.25, 0.3) is 5.91 Å². The lowest BCUT2D eigenvalue weighted by molar-refractivity contribution is -0.141. The summed E-state index contributed by atoms with van der Waals surface area (Å²) in [6.45, 7) is 1.58. The van der Waals surface area contributed by atoms with Crippen LogP contribution in [0.3, 0.4) is 0 Å². The van der Waals surface area contributed by atoms with E-state index in [9.17, 15) is 31.1 Å². The first-order chi connectivity index (χ1) is 12.4. The van der Waals surface area contributed by atoms with Crippen LogP contribution in [0.2, 0.25) is 0 Å². The van der Waals surface area contributed by atoms with Crippen molar-refractivity contribution in [1.29, 1.82) is 0 Å². The number of rotatable bonds is 5. The van der Waals surface area contributed by atoms with Crippen molar-refractivity contribution in [2.24, 2.45) is 5.92 Å². The van der Waals surface area contributed by atoms with Crippen LogP contribution in [0, 0.1) is 5.92 Å². The third-order valence-corrected chi connectivity index (χ3v) is 3.41. The molecule has 2 rings (SSSR count). The lowest BCUT2D eigenvalue weighted by Gasteiger charge is -2.24. The van der Waals surface area contributed by atoms with Gasteiger partial charge >= 0.3 is 12.4 Å². The summed E-state index contributed by atoms with van der Waals surface area (Å²) in [4.78, 5) is 12.9. The smallest absolute Gasteiger partial charge is 0.328 e. The number of hydrogen-bond acceptors (Lipinski definition) is 3. The molecule has 1 aromatic heterocycles. The lowest BCUT2D eigenvalue weighted by atomic mass is 10.1. The minimum atomic E-state index is -4.67. The Labute approximate surface area is 150 Å². The second-order valence-corrected chi connectivity index (χ2v) is 6.26. The van der Waals surface area contributed by atoms with Gasteiger partial charge in [0.1, 0.15) is 6.54 Å². The van der Waals surface area contributed by atoms with Crippen LogP contribution in [0.25, 0.3) is 5.69 Å². The van der Waals surface area contributed by atoms with Gasteiger partial charge in [-0.3, -0.25) is 4.79 Å². The van der Waals surface area contributed by atoms with Crippen molar-refractivity contribution >= 4 is 5.91 Å². The fraction of sp³-hybridized carbons (Fsp3) is 0.438. The first-order valence-corrected chi connectivity index (χ1v) is 7.83. The summed E-state index contributed by atoms with van der Waals surface area (Å²) in [7, 11) is 0. The lowest BCUT2D eigenvalue weighted by Crippen LogP contribution is -2.41. The van der Waals surface area contributed by atoms with Crippen molar-refractivity contribution in [3.8, 4) is 5.69 Å². The number of para-hydroxylation sites is 1. The monoisotopic (exact) mass is 394 g/mol. The minimum Gasteiger partial charge on any atom is -0.328 e. The van der Waals surface area contributed by atoms with Gasteiger partial charge in [-0.05, 0) is 18.1 Å². The van der Waals surface area contributed by atoms with Crippen LogP contribution in [0.15, 0.2) is 30.5 Å². The van der Waals surface area contributed by atoms with E-state index in [4.69, 9.17) is 0 Å². The molecule has 0 aliphatic carbocycles. The summed E-state index contributed by atoms with van der Waals surface area (Å²) in [5, 5.41) is 6.94. The van der Waals surface area contributed by atoms with Crippen molar-refractivity contribution in [2.45, 2.75) is 26.2 Å². The molecule has 0 N–H and O–H groups in total. The fourth-order valence-corrected chi connectivity index (χ4v) is 2.43. The number of carbonyl (C=O) groups is 1. The summed E-state index contributed by atoms with van der Waals surface area (Å²) < 4.78 is 78.2. The number of aromatic nitrogens is 3. The van der Waals surface area contributed by atoms with E-state index < -0.39 is 36.1 Å². The standard InChI is InChI=1S/C16H16F6N4O/c1-10(2)7-25(9-15(17,18)19)14(27)12-8-26(24-23-12)13-6-4-3-5-11(13)16(20,21)22/h3-6,8,10H,7,9H2,1-2H3. The molecule has 0 saturated carbocycles. The number of hydrogen-bond donors (Lipinski definition) is 0. The molecule has 0 saturated heterocycles. The van der Waals surface area contributed by atoms with Gasteiger partial charge < -0.3 is 4.90 Å². The predicted octanol–water partition coefficient (Wildman–Crippen LogP) is 3.95. The zero-order valence-corrected chi connectivity index (χ0v) is 14.3. The van der Waals surface area contributed by atoms with Crippen molar-refractivity contribution in [1.82, 2.24) is 19.9 Å². The van der Waals surface area contributed by atoms with Gasteiger partial charge in [-0.15, -0.1) is 5.10 Å². The molecule has 0 radical (unpaired) electrons. The molecule has 1 heterocycles. The van der Waals surface area contributed by atoms with Crippen LogP contribution in [-0.2, 0) is 6.18 Å². The van der Waals surface area contributed by atoms with Crippen LogP contribution in [0.4, 0.5) is 26.3 Å². The first kappa shape index (κ1) is 20.7. The third kappa shape index (κ3) is 5.44. The SMILES string of the molecule is CC(C)CN(CC(F)(F)F)C(=O)c1cn(-c2ccccc2C(F)(F)F)nn1. The molecular formula is C16H16F6N4O. The molecule has 11 heteroatoms. The molecule has 0 bridgehead atoms. The van der Waals surface area contributed by atoms with Gasteiger partial charge in [-0.1, -0.05) is 31.2 Å². The second-order valence-electron chi connectivity index (χ2n) is 6.26. The van der Waals surface area contributed by atoms with E-state index in [0.717, 1.165) is 23.0 Å². The second kappa shape index (κ2) is 7.57. The molecule has 0 fully saturated rings. The number of amides is 1. The maximum absolute atomic E-state index is 13.1. The highest BCUT2D eigenvalue weighted by Gasteiger charge is 2.36. The normalized spacial score (nSPS) is 12.5. The highest BCUT2D eigenvalue weighted by atomic mass is 19.4. The van der Waals surface area contributed by atoms with Crippen LogP contribution >= 0.6 is 0 Å². The Hall–Kier alpha value is -2.59. The van der Waals surface area contributed by atoms with E-state index in [-0.39, 0.29) is 18.2 Å². The molecule has 0 unspecified atom stereocenters. The Morgan fingerprint density at radius 1 is 1.15 bits per heavy atom. The van der Waals surface area contributed by atoms with Gasteiger partial charge in [0.05, 0.1) is 17.4 Å². The molecule has 0 aliphatic rings. The van der Waals surface area contributed by atoms with E-state index in [0.29, 0.717) is 4.90 Å². The fourth-order valence-electron chi connectivity index (χ4n) is 2.43. The minimum absolute atomic E-state index is 0.190. The largest absolute Gasteiger partial charge is 0.418 e. The molecule has 5 nitrogen and oxygen atoms in total. The van der Waals surface area contributed by atoms with Gasteiger partial charge in [0.2, 0.25) is 0 Å². The van der Waals surface area contributed by atoms with Gasteiger partial charge in [-0.2, -0.15) is 26.3 Å². The van der Waals surface area contributed by atoms with Crippen molar-refractivity contribution in [2.75, 3.05) is 13.1 Å². The van der Waals surface area contributed by atoms with Crippen LogP contribution in [0.1, 0.15) is 29.9 Å². The third-order valence-electron chi connectivity index (χ3n) is 3.41. The number of alkyl halides is 6. The summed E-state index contributed by atoms with van der Waals surface area (Å²) in [5.41, 5.74) is -1.87. The van der Waals surface area contributed by atoms with Gasteiger partial charge in [0.15, 0.2) is 5.69 Å². The summed E-state index contributed by atoms with van der Waals surface area (Å²) >= 11 is 0. The van der Waals surface area contributed by atoms with Crippen LogP contribution < -0.4 is 0 Å². The molecule has 1 aromatic carbocycles. The van der Waals surface area contributed by atoms with Crippen molar-refractivity contribution in [3.63, 3.8) is 0 Å². The Bertz CT molecular complexity index is 797. The molecular weight excluding hydrogens is 378 g/mol. The van der Waals surface area contributed by atoms with Gasteiger partial charge in [-0.25, -0.2) is 4.68 Å². The Kier molecular flexibility index (Phi) is 5.81. The first-order valence-electron chi connectivity index (χ1n) is 7.83. The quantitative estimate of drug-likeness (QED) is 0.722. The maximum Gasteiger partial charge on any atom is 0.418 e.